The molecule has 0 bridgehead atoms. The Kier molecular flexibility index (Phi) is 2.58. The van der Waals surface area contributed by atoms with Gasteiger partial charge in [-0.2, -0.15) is 0 Å². The Hall–Kier alpha value is -0.120. The van der Waals surface area contributed by atoms with Gasteiger partial charge in [-0.05, 0) is 25.2 Å². The third-order valence-electron chi connectivity index (χ3n) is 3.21. The van der Waals surface area contributed by atoms with E-state index in [1.165, 1.54) is 12.8 Å². The van der Waals surface area contributed by atoms with Crippen LogP contribution in [0.25, 0.3) is 0 Å². The molecule has 0 spiro atoms. The van der Waals surface area contributed by atoms with Crippen LogP contribution in [0.3, 0.4) is 0 Å². The molecule has 1 saturated carbocycles. The van der Waals surface area contributed by atoms with E-state index in [9.17, 15) is 0 Å². The average Bonchev–Trinajstić information content (AvgIpc) is 2.45. The summed E-state index contributed by atoms with van der Waals surface area (Å²) >= 11 is 0. The first-order valence-electron chi connectivity index (χ1n) is 5.50. The van der Waals surface area contributed by atoms with Crippen LogP contribution in [0.15, 0.2) is 0 Å². The van der Waals surface area contributed by atoms with Gasteiger partial charge in [-0.1, -0.05) is 13.8 Å². The van der Waals surface area contributed by atoms with Gasteiger partial charge in [-0.3, -0.25) is 0 Å². The van der Waals surface area contributed by atoms with Gasteiger partial charge >= 0.3 is 0 Å². The van der Waals surface area contributed by atoms with E-state index in [-0.39, 0.29) is 5.79 Å². The van der Waals surface area contributed by atoms with Gasteiger partial charge in [-0.15, -0.1) is 0 Å². The standard InChI is InChI=1S/C11H21NO2/c1-10(2)6-9(7-10)12-8-11(3)13-4-5-14-11/h9,12H,4-8H2,1-3H3. The maximum Gasteiger partial charge on any atom is 0.178 e. The zero-order chi connectivity index (χ0) is 10.2. The minimum atomic E-state index is -0.375. The fourth-order valence-electron chi connectivity index (χ4n) is 2.41. The molecule has 2 aliphatic rings. The Morgan fingerprint density at radius 1 is 1.14 bits per heavy atom. The zero-order valence-corrected chi connectivity index (χ0v) is 9.43. The second kappa shape index (κ2) is 3.47. The van der Waals surface area contributed by atoms with Gasteiger partial charge in [0, 0.05) is 12.6 Å². The SMILES string of the molecule is CC1(C)CC(NCC2(C)OCCO2)C1. The molecule has 1 saturated heterocycles. The Labute approximate surface area is 86.2 Å². The monoisotopic (exact) mass is 199 g/mol. The average molecular weight is 199 g/mol. The predicted molar refractivity (Wildman–Crippen MR) is 55.1 cm³/mol. The van der Waals surface area contributed by atoms with Gasteiger partial charge in [0.1, 0.15) is 0 Å². The van der Waals surface area contributed by atoms with Crippen molar-refractivity contribution in [3.63, 3.8) is 0 Å². The van der Waals surface area contributed by atoms with E-state index >= 15 is 0 Å². The fraction of sp³-hybridized carbons (Fsp3) is 1.00. The molecule has 14 heavy (non-hydrogen) atoms. The molecular weight excluding hydrogens is 178 g/mol. The van der Waals surface area contributed by atoms with Crippen LogP contribution >= 0.6 is 0 Å². The molecule has 82 valence electrons. The van der Waals surface area contributed by atoms with E-state index in [4.69, 9.17) is 9.47 Å². The largest absolute Gasteiger partial charge is 0.347 e. The van der Waals surface area contributed by atoms with Crippen molar-refractivity contribution in [2.75, 3.05) is 19.8 Å². The Morgan fingerprint density at radius 3 is 2.21 bits per heavy atom. The van der Waals surface area contributed by atoms with Crippen LogP contribution in [0.5, 0.6) is 0 Å². The maximum atomic E-state index is 5.53. The molecule has 0 radical (unpaired) electrons. The van der Waals surface area contributed by atoms with Crippen molar-refractivity contribution in [3.8, 4) is 0 Å². The highest BCUT2D eigenvalue weighted by Crippen LogP contribution is 2.39. The number of hydrogen-bond acceptors (Lipinski definition) is 3. The topological polar surface area (TPSA) is 30.5 Å². The van der Waals surface area contributed by atoms with Gasteiger partial charge in [0.15, 0.2) is 5.79 Å². The molecule has 2 fully saturated rings. The normalized spacial score (nSPS) is 30.2. The lowest BCUT2D eigenvalue weighted by molar-refractivity contribution is -0.141. The zero-order valence-electron chi connectivity index (χ0n) is 9.43. The van der Waals surface area contributed by atoms with Gasteiger partial charge in [0.25, 0.3) is 0 Å². The second-order valence-electron chi connectivity index (χ2n) is 5.48. The highest BCUT2D eigenvalue weighted by Gasteiger charge is 2.38. The van der Waals surface area contributed by atoms with Gasteiger partial charge in [0.2, 0.25) is 0 Å². The van der Waals surface area contributed by atoms with E-state index < -0.39 is 0 Å². The number of nitrogens with one attached hydrogen (secondary N) is 1. The molecule has 1 aliphatic heterocycles. The minimum absolute atomic E-state index is 0.375. The second-order valence-corrected chi connectivity index (χ2v) is 5.48. The van der Waals surface area contributed by atoms with Crippen molar-refractivity contribution < 1.29 is 9.47 Å². The van der Waals surface area contributed by atoms with E-state index in [1.807, 2.05) is 6.92 Å². The molecular formula is C11H21NO2. The molecule has 1 aliphatic carbocycles. The van der Waals surface area contributed by atoms with Crippen LogP contribution in [-0.4, -0.2) is 31.6 Å². The first-order valence-corrected chi connectivity index (χ1v) is 5.50. The summed E-state index contributed by atoms with van der Waals surface area (Å²) in [4.78, 5) is 0. The summed E-state index contributed by atoms with van der Waals surface area (Å²) < 4.78 is 11.1. The van der Waals surface area contributed by atoms with Crippen molar-refractivity contribution in [2.45, 2.75) is 45.4 Å². The summed E-state index contributed by atoms with van der Waals surface area (Å²) in [7, 11) is 0. The Bertz CT molecular complexity index is 201. The highest BCUT2D eigenvalue weighted by molar-refractivity contribution is 4.92. The fourth-order valence-corrected chi connectivity index (χ4v) is 2.41. The van der Waals surface area contributed by atoms with Crippen molar-refractivity contribution in [1.29, 1.82) is 0 Å². The van der Waals surface area contributed by atoms with Crippen LogP contribution in [0, 0.1) is 5.41 Å². The molecule has 1 heterocycles. The van der Waals surface area contributed by atoms with E-state index in [0.717, 1.165) is 19.8 Å². The maximum absolute atomic E-state index is 5.53. The van der Waals surface area contributed by atoms with Crippen LogP contribution in [0.1, 0.15) is 33.6 Å². The molecule has 1 N–H and O–H groups in total. The summed E-state index contributed by atoms with van der Waals surface area (Å²) in [5.41, 5.74) is 0.538. The summed E-state index contributed by atoms with van der Waals surface area (Å²) in [6.45, 7) is 8.91. The molecule has 0 unspecified atom stereocenters. The first kappa shape index (κ1) is 10.4. The van der Waals surface area contributed by atoms with Crippen LogP contribution in [-0.2, 0) is 9.47 Å². The van der Waals surface area contributed by atoms with Crippen LogP contribution < -0.4 is 5.32 Å². The van der Waals surface area contributed by atoms with Crippen molar-refractivity contribution in [2.24, 2.45) is 5.41 Å². The summed E-state index contributed by atoms with van der Waals surface area (Å²) in [6.07, 6.45) is 2.53. The van der Waals surface area contributed by atoms with Crippen LogP contribution in [0.2, 0.25) is 0 Å². The molecule has 3 heteroatoms. The lowest BCUT2D eigenvalue weighted by Gasteiger charge is -2.44. The summed E-state index contributed by atoms with van der Waals surface area (Å²) in [5.74, 6) is -0.375. The van der Waals surface area contributed by atoms with E-state index in [0.29, 0.717) is 11.5 Å². The Morgan fingerprint density at radius 2 is 1.71 bits per heavy atom. The first-order chi connectivity index (χ1) is 6.49. The van der Waals surface area contributed by atoms with Crippen molar-refractivity contribution in [1.82, 2.24) is 5.32 Å². The summed E-state index contributed by atoms with van der Waals surface area (Å²) in [5, 5.41) is 3.51. The van der Waals surface area contributed by atoms with Gasteiger partial charge < -0.3 is 14.8 Å². The smallest absolute Gasteiger partial charge is 0.178 e. The number of ether oxygens (including phenoxy) is 2. The number of hydrogen-bond donors (Lipinski definition) is 1. The Balaban J connectivity index is 1.68. The van der Waals surface area contributed by atoms with Crippen molar-refractivity contribution in [3.05, 3.63) is 0 Å². The lowest BCUT2D eigenvalue weighted by atomic mass is 9.68. The molecule has 0 aromatic rings. The quantitative estimate of drug-likeness (QED) is 0.747. The molecule has 0 amide bonds. The molecule has 0 aromatic carbocycles. The van der Waals surface area contributed by atoms with Crippen molar-refractivity contribution >= 4 is 0 Å². The minimum Gasteiger partial charge on any atom is -0.347 e. The molecule has 0 aromatic heterocycles. The highest BCUT2D eigenvalue weighted by atomic mass is 16.7. The number of rotatable bonds is 3. The molecule has 2 rings (SSSR count). The van der Waals surface area contributed by atoms with Gasteiger partial charge in [0.05, 0.1) is 13.2 Å². The van der Waals surface area contributed by atoms with E-state index in [1.54, 1.807) is 0 Å². The third-order valence-corrected chi connectivity index (χ3v) is 3.21. The van der Waals surface area contributed by atoms with E-state index in [2.05, 4.69) is 19.2 Å². The summed E-state index contributed by atoms with van der Waals surface area (Å²) in [6, 6.07) is 0.662. The van der Waals surface area contributed by atoms with Gasteiger partial charge in [-0.25, -0.2) is 0 Å². The third kappa shape index (κ3) is 2.27. The molecule has 3 nitrogen and oxygen atoms in total. The lowest BCUT2D eigenvalue weighted by Crippen LogP contribution is -2.51. The molecule has 0 atom stereocenters. The van der Waals surface area contributed by atoms with Crippen LogP contribution in [0.4, 0.5) is 0 Å². The predicted octanol–water partition coefficient (Wildman–Crippen LogP) is 1.53.